The van der Waals surface area contributed by atoms with Crippen molar-refractivity contribution in [2.24, 2.45) is 0 Å². The molecule has 0 saturated carbocycles. The normalized spacial score (nSPS) is 11.5. The summed E-state index contributed by atoms with van der Waals surface area (Å²) in [5, 5.41) is 4.55. The van der Waals surface area contributed by atoms with Crippen LogP contribution in [0.25, 0.3) is 34.2 Å². The first-order chi connectivity index (χ1) is 13.1. The molecule has 0 unspecified atom stereocenters. The highest BCUT2D eigenvalue weighted by Crippen LogP contribution is 2.21. The highest BCUT2D eigenvalue weighted by Gasteiger charge is 2.13. The van der Waals surface area contributed by atoms with E-state index in [-0.39, 0.29) is 5.82 Å². The Bertz CT molecular complexity index is 1260. The first-order valence-corrected chi connectivity index (χ1v) is 8.39. The van der Waals surface area contributed by atoms with Gasteiger partial charge < -0.3 is 0 Å². The number of nitrogens with zero attached hydrogens (tertiary/aromatic N) is 7. The molecule has 0 aliphatic carbocycles. The van der Waals surface area contributed by atoms with Crippen LogP contribution in [0.15, 0.2) is 48.9 Å². The van der Waals surface area contributed by atoms with Gasteiger partial charge in [0.1, 0.15) is 11.5 Å². The highest BCUT2D eigenvalue weighted by molar-refractivity contribution is 5.63. The largest absolute Gasteiger partial charge is 0.290 e. The lowest BCUT2D eigenvalue weighted by atomic mass is 10.2. The third kappa shape index (κ3) is 2.53. The fraction of sp³-hybridized carbons (Fsp3) is 0.105. The maximum Gasteiger partial charge on any atom is 0.234 e. The maximum atomic E-state index is 13.1. The van der Waals surface area contributed by atoms with Crippen LogP contribution in [0.4, 0.5) is 4.39 Å². The molecule has 0 bridgehead atoms. The monoisotopic (exact) mass is 359 g/mol. The number of fused-ring (bicyclic) bond motifs is 2. The number of benzene rings is 1. The van der Waals surface area contributed by atoms with E-state index >= 15 is 0 Å². The molecular formula is C19H14FN7. The molecule has 0 fully saturated rings. The van der Waals surface area contributed by atoms with Crippen molar-refractivity contribution in [1.82, 2.24) is 34.0 Å². The van der Waals surface area contributed by atoms with Crippen LogP contribution in [-0.4, -0.2) is 34.0 Å². The average Bonchev–Trinajstić information content (AvgIpc) is 3.30. The van der Waals surface area contributed by atoms with Crippen molar-refractivity contribution < 1.29 is 4.39 Å². The van der Waals surface area contributed by atoms with Crippen LogP contribution in [-0.2, 0) is 0 Å². The molecule has 5 aromatic rings. The summed E-state index contributed by atoms with van der Waals surface area (Å²) >= 11 is 0. The van der Waals surface area contributed by atoms with Crippen LogP contribution < -0.4 is 0 Å². The van der Waals surface area contributed by atoms with Crippen LogP contribution in [0, 0.1) is 19.7 Å². The summed E-state index contributed by atoms with van der Waals surface area (Å²) in [5.74, 6) is 0.765. The van der Waals surface area contributed by atoms with E-state index in [1.165, 1.54) is 12.1 Å². The maximum absolute atomic E-state index is 13.1. The number of aromatic nitrogens is 7. The zero-order valence-corrected chi connectivity index (χ0v) is 14.6. The first-order valence-electron chi connectivity index (χ1n) is 8.39. The van der Waals surface area contributed by atoms with Crippen LogP contribution in [0.1, 0.15) is 11.4 Å². The van der Waals surface area contributed by atoms with Gasteiger partial charge in [0.05, 0.1) is 17.1 Å². The number of imidazole rings is 1. The van der Waals surface area contributed by atoms with Gasteiger partial charge in [-0.15, -0.1) is 5.10 Å². The van der Waals surface area contributed by atoms with E-state index in [1.807, 2.05) is 36.7 Å². The molecule has 0 atom stereocenters. The Balaban J connectivity index is 1.61. The van der Waals surface area contributed by atoms with E-state index < -0.39 is 0 Å². The molecule has 8 heteroatoms. The molecule has 4 heterocycles. The van der Waals surface area contributed by atoms with Gasteiger partial charge in [-0.1, -0.05) is 0 Å². The van der Waals surface area contributed by atoms with E-state index in [1.54, 1.807) is 22.8 Å². The second-order valence-electron chi connectivity index (χ2n) is 6.31. The molecule has 0 aliphatic rings. The molecule has 132 valence electrons. The van der Waals surface area contributed by atoms with Crippen molar-refractivity contribution in [2.75, 3.05) is 0 Å². The molecule has 0 saturated heterocycles. The molecule has 1 aromatic carbocycles. The third-order valence-electron chi connectivity index (χ3n) is 4.41. The van der Waals surface area contributed by atoms with E-state index in [0.29, 0.717) is 22.9 Å². The molecule has 5 rings (SSSR count). The molecule has 0 aliphatic heterocycles. The third-order valence-corrected chi connectivity index (χ3v) is 4.41. The summed E-state index contributed by atoms with van der Waals surface area (Å²) in [4.78, 5) is 18.0. The zero-order chi connectivity index (χ0) is 18.5. The van der Waals surface area contributed by atoms with Crippen LogP contribution in [0.5, 0.6) is 0 Å². The molecule has 27 heavy (non-hydrogen) atoms. The standard InChI is InChI=1S/C19H14FN7/c1-11-9-21-12(2)18-24-17(25-27(11)18)15-7-8-26-10-16(23-19(26)22-15)13-3-5-14(20)6-4-13/h3-10H,1-2H3. The van der Waals surface area contributed by atoms with Crippen molar-refractivity contribution in [2.45, 2.75) is 13.8 Å². The van der Waals surface area contributed by atoms with Crippen molar-refractivity contribution in [3.05, 3.63) is 66.1 Å². The van der Waals surface area contributed by atoms with Gasteiger partial charge in [-0.3, -0.25) is 9.38 Å². The minimum atomic E-state index is -0.277. The van der Waals surface area contributed by atoms with Gasteiger partial charge >= 0.3 is 0 Å². The lowest BCUT2D eigenvalue weighted by Crippen LogP contribution is -1.97. The predicted octanol–water partition coefficient (Wildman–Crippen LogP) is 3.26. The topological polar surface area (TPSA) is 73.3 Å². The van der Waals surface area contributed by atoms with Gasteiger partial charge in [0, 0.05) is 24.2 Å². The SMILES string of the molecule is Cc1ncc(C)n2nc(-c3ccn4cc(-c5ccc(F)cc5)nc4n3)nc12. The molecule has 4 aromatic heterocycles. The van der Waals surface area contributed by atoms with Crippen LogP contribution in [0.2, 0.25) is 0 Å². The highest BCUT2D eigenvalue weighted by atomic mass is 19.1. The lowest BCUT2D eigenvalue weighted by molar-refractivity contribution is 0.628. The summed E-state index contributed by atoms with van der Waals surface area (Å²) < 4.78 is 16.7. The van der Waals surface area contributed by atoms with Crippen molar-refractivity contribution in [3.63, 3.8) is 0 Å². The second kappa shape index (κ2) is 5.66. The Kier molecular flexibility index (Phi) is 3.27. The Morgan fingerprint density at radius 1 is 0.926 bits per heavy atom. The summed E-state index contributed by atoms with van der Waals surface area (Å²) in [6.07, 6.45) is 5.48. The van der Waals surface area contributed by atoms with Crippen molar-refractivity contribution in [1.29, 1.82) is 0 Å². The molecule has 7 nitrogen and oxygen atoms in total. The first kappa shape index (κ1) is 15.6. The van der Waals surface area contributed by atoms with E-state index in [9.17, 15) is 4.39 Å². The van der Waals surface area contributed by atoms with Gasteiger partial charge in [-0.25, -0.2) is 23.9 Å². The Labute approximate surface area is 153 Å². The summed E-state index contributed by atoms with van der Waals surface area (Å²) in [6, 6.07) is 8.06. The molecule has 0 spiro atoms. The number of hydrogen-bond donors (Lipinski definition) is 0. The fourth-order valence-electron chi connectivity index (χ4n) is 2.96. The van der Waals surface area contributed by atoms with Crippen LogP contribution >= 0.6 is 0 Å². The van der Waals surface area contributed by atoms with E-state index in [0.717, 1.165) is 22.6 Å². The number of halogens is 1. The minimum absolute atomic E-state index is 0.277. The summed E-state index contributed by atoms with van der Waals surface area (Å²) in [5.41, 5.74) is 4.59. The Morgan fingerprint density at radius 2 is 1.70 bits per heavy atom. The summed E-state index contributed by atoms with van der Waals surface area (Å²) in [6.45, 7) is 3.82. The number of aryl methyl sites for hydroxylation is 2. The molecule has 0 radical (unpaired) electrons. The Morgan fingerprint density at radius 3 is 2.48 bits per heavy atom. The van der Waals surface area contributed by atoms with Crippen molar-refractivity contribution >= 4 is 11.4 Å². The summed E-state index contributed by atoms with van der Waals surface area (Å²) in [7, 11) is 0. The average molecular weight is 359 g/mol. The minimum Gasteiger partial charge on any atom is -0.290 e. The van der Waals surface area contributed by atoms with Crippen LogP contribution in [0.3, 0.4) is 0 Å². The second-order valence-corrected chi connectivity index (χ2v) is 6.31. The van der Waals surface area contributed by atoms with E-state index in [2.05, 4.69) is 25.0 Å². The van der Waals surface area contributed by atoms with Gasteiger partial charge in [-0.05, 0) is 44.2 Å². The fourth-order valence-corrected chi connectivity index (χ4v) is 2.96. The smallest absolute Gasteiger partial charge is 0.234 e. The van der Waals surface area contributed by atoms with Gasteiger partial charge in [0.25, 0.3) is 0 Å². The van der Waals surface area contributed by atoms with Gasteiger partial charge in [0.2, 0.25) is 11.6 Å². The molecule has 0 N–H and O–H groups in total. The molecule has 0 amide bonds. The van der Waals surface area contributed by atoms with Gasteiger partial charge in [-0.2, -0.15) is 0 Å². The quantitative estimate of drug-likeness (QED) is 0.484. The number of rotatable bonds is 2. The zero-order valence-electron chi connectivity index (χ0n) is 14.6. The van der Waals surface area contributed by atoms with Gasteiger partial charge in [0.15, 0.2) is 5.65 Å². The number of hydrogen-bond acceptors (Lipinski definition) is 5. The Hall–Kier alpha value is -3.68. The predicted molar refractivity (Wildman–Crippen MR) is 97.6 cm³/mol. The lowest BCUT2D eigenvalue weighted by Gasteiger charge is -1.97. The van der Waals surface area contributed by atoms with Crippen molar-refractivity contribution in [3.8, 4) is 22.8 Å². The van der Waals surface area contributed by atoms with E-state index in [4.69, 9.17) is 0 Å². The molecular weight excluding hydrogens is 345 g/mol.